The predicted molar refractivity (Wildman–Crippen MR) is 86.4 cm³/mol. The summed E-state index contributed by atoms with van der Waals surface area (Å²) in [6.07, 6.45) is 3.53. The van der Waals surface area contributed by atoms with Crippen LogP contribution < -0.4 is 10.6 Å². The third kappa shape index (κ3) is 3.60. The number of hydrogen-bond donors (Lipinski definition) is 1. The Kier molecular flexibility index (Phi) is 4.93. The molecule has 0 bridgehead atoms. The van der Waals surface area contributed by atoms with Crippen LogP contribution in [-0.4, -0.2) is 17.4 Å². The summed E-state index contributed by atoms with van der Waals surface area (Å²) in [5.41, 5.74) is 8.61. The van der Waals surface area contributed by atoms with Crippen LogP contribution in [0.1, 0.15) is 35.8 Å². The number of carbonyl (C=O) groups is 1. The van der Waals surface area contributed by atoms with E-state index < -0.39 is 0 Å². The van der Waals surface area contributed by atoms with Crippen LogP contribution >= 0.6 is 0 Å². The lowest BCUT2D eigenvalue weighted by Gasteiger charge is -2.23. The van der Waals surface area contributed by atoms with Crippen molar-refractivity contribution in [3.8, 4) is 0 Å². The first-order valence-electron chi connectivity index (χ1n) is 7.22. The molecule has 0 aliphatic rings. The highest BCUT2D eigenvalue weighted by molar-refractivity contribution is 6.09. The molecule has 1 aromatic carbocycles. The van der Waals surface area contributed by atoms with Crippen LogP contribution in [0.3, 0.4) is 0 Å². The molecule has 4 nitrogen and oxygen atoms in total. The van der Waals surface area contributed by atoms with Gasteiger partial charge in [0.05, 0.1) is 5.56 Å². The van der Waals surface area contributed by atoms with Crippen LogP contribution in [0.25, 0.3) is 0 Å². The number of nitrogen functional groups attached to an aromatic ring is 1. The number of pyridine rings is 1. The van der Waals surface area contributed by atoms with Gasteiger partial charge >= 0.3 is 0 Å². The number of rotatable bonds is 5. The summed E-state index contributed by atoms with van der Waals surface area (Å²) in [7, 11) is 0. The first kappa shape index (κ1) is 15.0. The zero-order valence-corrected chi connectivity index (χ0v) is 12.5. The van der Waals surface area contributed by atoms with Gasteiger partial charge in [-0.3, -0.25) is 9.78 Å². The molecule has 2 N–H and O–H groups in total. The molecule has 0 atom stereocenters. The van der Waals surface area contributed by atoms with Gasteiger partial charge in [0.25, 0.3) is 5.91 Å². The molecule has 1 aromatic heterocycles. The fourth-order valence-corrected chi connectivity index (χ4v) is 2.18. The minimum absolute atomic E-state index is 0.0975. The Morgan fingerprint density at radius 1 is 1.29 bits per heavy atom. The van der Waals surface area contributed by atoms with Crippen LogP contribution in [0.4, 0.5) is 11.4 Å². The van der Waals surface area contributed by atoms with E-state index in [1.807, 2.05) is 37.3 Å². The maximum absolute atomic E-state index is 12.8. The summed E-state index contributed by atoms with van der Waals surface area (Å²) < 4.78 is 0. The summed E-state index contributed by atoms with van der Waals surface area (Å²) in [4.78, 5) is 18.7. The van der Waals surface area contributed by atoms with E-state index in [1.54, 1.807) is 17.2 Å². The van der Waals surface area contributed by atoms with E-state index >= 15 is 0 Å². The Morgan fingerprint density at radius 3 is 2.62 bits per heavy atom. The highest BCUT2D eigenvalue weighted by Gasteiger charge is 2.19. The fourth-order valence-electron chi connectivity index (χ4n) is 2.18. The van der Waals surface area contributed by atoms with Crippen molar-refractivity contribution in [2.24, 2.45) is 0 Å². The molecule has 0 saturated heterocycles. The summed E-state index contributed by atoms with van der Waals surface area (Å²) in [6, 6.07) is 11.4. The quantitative estimate of drug-likeness (QED) is 0.914. The van der Waals surface area contributed by atoms with E-state index in [2.05, 4.69) is 11.9 Å². The number of carbonyl (C=O) groups excluding carboxylic acids is 1. The summed E-state index contributed by atoms with van der Waals surface area (Å²) in [6.45, 7) is 4.64. The summed E-state index contributed by atoms with van der Waals surface area (Å²) >= 11 is 0. The maximum atomic E-state index is 12.8. The lowest BCUT2D eigenvalue weighted by Crippen LogP contribution is -2.32. The topological polar surface area (TPSA) is 59.2 Å². The second-order valence-corrected chi connectivity index (χ2v) is 5.06. The van der Waals surface area contributed by atoms with Gasteiger partial charge in [0, 0.05) is 29.8 Å². The predicted octanol–water partition coefficient (Wildman–Crippen LogP) is 3.42. The zero-order chi connectivity index (χ0) is 15.2. The number of aromatic nitrogens is 1. The molecule has 2 aromatic rings. The molecular weight excluding hydrogens is 262 g/mol. The lowest BCUT2D eigenvalue weighted by molar-refractivity contribution is 0.0987. The van der Waals surface area contributed by atoms with Gasteiger partial charge in [-0.05, 0) is 31.5 Å². The van der Waals surface area contributed by atoms with Crippen molar-refractivity contribution >= 4 is 17.3 Å². The van der Waals surface area contributed by atoms with Gasteiger partial charge in [-0.25, -0.2) is 0 Å². The number of nitrogens with zero attached hydrogens (tertiary/aromatic N) is 2. The molecule has 0 saturated carbocycles. The van der Waals surface area contributed by atoms with Crippen LogP contribution in [0.15, 0.2) is 42.6 Å². The number of aryl methyl sites for hydroxylation is 1. The van der Waals surface area contributed by atoms with Crippen molar-refractivity contribution in [3.05, 3.63) is 53.9 Å². The molecule has 0 radical (unpaired) electrons. The maximum Gasteiger partial charge on any atom is 0.261 e. The molecule has 0 fully saturated rings. The van der Waals surface area contributed by atoms with Gasteiger partial charge in [-0.1, -0.05) is 31.5 Å². The van der Waals surface area contributed by atoms with Gasteiger partial charge in [0.1, 0.15) is 0 Å². The highest BCUT2D eigenvalue weighted by atomic mass is 16.2. The van der Waals surface area contributed by atoms with Gasteiger partial charge in [0.2, 0.25) is 0 Å². The van der Waals surface area contributed by atoms with Crippen molar-refractivity contribution in [1.82, 2.24) is 4.98 Å². The monoisotopic (exact) mass is 283 g/mol. The van der Waals surface area contributed by atoms with Crippen molar-refractivity contribution in [2.75, 3.05) is 17.2 Å². The average Bonchev–Trinajstić information content (AvgIpc) is 2.48. The van der Waals surface area contributed by atoms with Crippen molar-refractivity contribution in [2.45, 2.75) is 26.7 Å². The van der Waals surface area contributed by atoms with E-state index in [0.717, 1.165) is 24.2 Å². The number of hydrogen-bond acceptors (Lipinski definition) is 3. The molecule has 0 unspecified atom stereocenters. The van der Waals surface area contributed by atoms with Gasteiger partial charge in [0.15, 0.2) is 0 Å². The number of anilines is 2. The van der Waals surface area contributed by atoms with Crippen LogP contribution in [0, 0.1) is 6.92 Å². The zero-order valence-electron chi connectivity index (χ0n) is 12.5. The van der Waals surface area contributed by atoms with E-state index in [0.29, 0.717) is 17.8 Å². The second kappa shape index (κ2) is 6.88. The largest absolute Gasteiger partial charge is 0.398 e. The third-order valence-electron chi connectivity index (χ3n) is 3.35. The summed E-state index contributed by atoms with van der Waals surface area (Å²) in [5, 5.41) is 0. The molecule has 2 rings (SSSR count). The Bertz CT molecular complexity index is 611. The Morgan fingerprint density at radius 2 is 2.00 bits per heavy atom. The highest BCUT2D eigenvalue weighted by Crippen LogP contribution is 2.20. The van der Waals surface area contributed by atoms with Crippen LogP contribution in [0.2, 0.25) is 0 Å². The minimum atomic E-state index is -0.0975. The van der Waals surface area contributed by atoms with Crippen LogP contribution in [-0.2, 0) is 0 Å². The molecule has 0 aliphatic carbocycles. The molecular formula is C17H21N3O. The standard InChI is InChI=1S/C17H21N3O/c1-3-4-10-20(14-8-6-5-7-9-14)17(21)15-12-19-13(2)11-16(15)18/h5-9,11-12H,3-4,10H2,1-2H3,(H2,18,19). The minimum Gasteiger partial charge on any atom is -0.398 e. The van der Waals surface area contributed by atoms with Gasteiger partial charge in [-0.2, -0.15) is 0 Å². The summed E-state index contributed by atoms with van der Waals surface area (Å²) in [5.74, 6) is -0.0975. The Balaban J connectivity index is 2.34. The van der Waals surface area contributed by atoms with Crippen molar-refractivity contribution in [3.63, 3.8) is 0 Å². The fraction of sp³-hybridized carbons (Fsp3) is 0.294. The van der Waals surface area contributed by atoms with E-state index in [1.165, 1.54) is 0 Å². The first-order chi connectivity index (χ1) is 10.1. The Hall–Kier alpha value is -2.36. The number of nitrogens with two attached hydrogens (primary N) is 1. The average molecular weight is 283 g/mol. The SMILES string of the molecule is CCCCN(C(=O)c1cnc(C)cc1N)c1ccccc1. The molecule has 4 heteroatoms. The smallest absolute Gasteiger partial charge is 0.261 e. The molecule has 110 valence electrons. The number of para-hydroxylation sites is 1. The van der Waals surface area contributed by atoms with Crippen LogP contribution in [0.5, 0.6) is 0 Å². The molecule has 0 spiro atoms. The van der Waals surface area contributed by atoms with E-state index in [-0.39, 0.29) is 5.91 Å². The molecule has 0 aliphatic heterocycles. The third-order valence-corrected chi connectivity index (χ3v) is 3.35. The van der Waals surface area contributed by atoms with E-state index in [4.69, 9.17) is 5.73 Å². The van der Waals surface area contributed by atoms with Crippen molar-refractivity contribution in [1.29, 1.82) is 0 Å². The van der Waals surface area contributed by atoms with Gasteiger partial charge in [-0.15, -0.1) is 0 Å². The molecule has 1 amide bonds. The Labute approximate surface area is 125 Å². The van der Waals surface area contributed by atoms with Gasteiger partial charge < -0.3 is 10.6 Å². The van der Waals surface area contributed by atoms with Crippen molar-refractivity contribution < 1.29 is 4.79 Å². The lowest BCUT2D eigenvalue weighted by atomic mass is 10.1. The molecule has 21 heavy (non-hydrogen) atoms. The second-order valence-electron chi connectivity index (χ2n) is 5.06. The normalized spacial score (nSPS) is 10.4. The first-order valence-corrected chi connectivity index (χ1v) is 7.22. The number of amides is 1. The number of unbranched alkanes of at least 4 members (excludes halogenated alkanes) is 1. The molecule has 1 heterocycles. The van der Waals surface area contributed by atoms with E-state index in [9.17, 15) is 4.79 Å². The number of benzene rings is 1.